The van der Waals surface area contributed by atoms with Crippen molar-refractivity contribution in [3.05, 3.63) is 34.2 Å². The summed E-state index contributed by atoms with van der Waals surface area (Å²) >= 11 is 0. The molecule has 3 aliphatic heterocycles. The third kappa shape index (κ3) is 4.46. The number of nitrogens with zero attached hydrogens (tertiary/aromatic N) is 4. The average molecular weight is 415 g/mol. The Morgan fingerprint density at radius 3 is 2.37 bits per heavy atom. The van der Waals surface area contributed by atoms with E-state index in [1.807, 2.05) is 11.8 Å². The molecule has 0 saturated carbocycles. The minimum atomic E-state index is -0.125. The van der Waals surface area contributed by atoms with Crippen LogP contribution in [0.15, 0.2) is 23.1 Å². The minimum absolute atomic E-state index is 0.0467. The molecule has 0 bridgehead atoms. The number of rotatable bonds is 4. The van der Waals surface area contributed by atoms with Gasteiger partial charge in [-0.1, -0.05) is 0 Å². The number of hydrogen-bond acceptors (Lipinski definition) is 4. The zero-order valence-corrected chi connectivity index (χ0v) is 18.1. The Morgan fingerprint density at radius 1 is 0.967 bits per heavy atom. The highest BCUT2D eigenvalue weighted by Crippen LogP contribution is 2.26. The monoisotopic (exact) mass is 414 g/mol. The quantitative estimate of drug-likeness (QED) is 0.754. The minimum Gasteiger partial charge on any atom is -0.342 e. The van der Waals surface area contributed by atoms with Crippen LogP contribution in [0.2, 0.25) is 0 Å². The Bertz CT molecular complexity index is 822. The van der Waals surface area contributed by atoms with Crippen LogP contribution in [-0.4, -0.2) is 76.4 Å². The van der Waals surface area contributed by atoms with Crippen molar-refractivity contribution in [3.8, 4) is 0 Å². The first-order valence-electron chi connectivity index (χ1n) is 11.6. The molecule has 0 radical (unpaired) electrons. The van der Waals surface area contributed by atoms with E-state index < -0.39 is 0 Å². The summed E-state index contributed by atoms with van der Waals surface area (Å²) in [4.78, 5) is 44.1. The third-order valence-electron chi connectivity index (χ3n) is 7.07. The van der Waals surface area contributed by atoms with Gasteiger partial charge in [-0.3, -0.25) is 19.3 Å². The third-order valence-corrected chi connectivity index (χ3v) is 7.07. The van der Waals surface area contributed by atoms with Gasteiger partial charge in [0, 0.05) is 63.1 Å². The second-order valence-electron chi connectivity index (χ2n) is 8.93. The van der Waals surface area contributed by atoms with Gasteiger partial charge < -0.3 is 14.4 Å². The van der Waals surface area contributed by atoms with Crippen molar-refractivity contribution in [2.45, 2.75) is 58.0 Å². The largest absolute Gasteiger partial charge is 0.342 e. The Labute approximate surface area is 178 Å². The van der Waals surface area contributed by atoms with Gasteiger partial charge in [0.2, 0.25) is 5.91 Å². The number of carbonyl (C=O) groups excluding carboxylic acids is 2. The highest BCUT2D eigenvalue weighted by Gasteiger charge is 2.34. The maximum atomic E-state index is 12.8. The zero-order chi connectivity index (χ0) is 21.1. The van der Waals surface area contributed by atoms with Crippen LogP contribution in [0, 0.1) is 5.92 Å². The van der Waals surface area contributed by atoms with E-state index in [4.69, 9.17) is 0 Å². The van der Waals surface area contributed by atoms with Crippen molar-refractivity contribution in [1.82, 2.24) is 19.3 Å². The van der Waals surface area contributed by atoms with E-state index in [9.17, 15) is 14.4 Å². The lowest BCUT2D eigenvalue weighted by Crippen LogP contribution is -2.51. The molecular weight excluding hydrogens is 380 g/mol. The second-order valence-corrected chi connectivity index (χ2v) is 8.93. The highest BCUT2D eigenvalue weighted by atomic mass is 16.2. The number of carbonyl (C=O) groups is 2. The molecule has 7 nitrogen and oxygen atoms in total. The average Bonchev–Trinajstić information content (AvgIpc) is 3.33. The van der Waals surface area contributed by atoms with Crippen LogP contribution in [0.4, 0.5) is 0 Å². The molecule has 4 heterocycles. The van der Waals surface area contributed by atoms with Crippen molar-refractivity contribution in [1.29, 1.82) is 0 Å². The summed E-state index contributed by atoms with van der Waals surface area (Å²) in [5.74, 6) is 0.447. The lowest BCUT2D eigenvalue weighted by molar-refractivity contribution is -0.136. The van der Waals surface area contributed by atoms with Gasteiger partial charge >= 0.3 is 0 Å². The maximum Gasteiger partial charge on any atom is 0.254 e. The summed E-state index contributed by atoms with van der Waals surface area (Å²) in [7, 11) is 0. The predicted molar refractivity (Wildman–Crippen MR) is 115 cm³/mol. The van der Waals surface area contributed by atoms with E-state index in [0.29, 0.717) is 37.1 Å². The molecule has 0 aromatic carbocycles. The molecule has 164 valence electrons. The van der Waals surface area contributed by atoms with Gasteiger partial charge in [-0.2, -0.15) is 0 Å². The fourth-order valence-corrected chi connectivity index (χ4v) is 5.25. The normalized spacial score (nSPS) is 23.7. The first-order valence-corrected chi connectivity index (χ1v) is 11.6. The number of aromatic nitrogens is 1. The van der Waals surface area contributed by atoms with Gasteiger partial charge in [0.25, 0.3) is 11.5 Å². The van der Waals surface area contributed by atoms with E-state index in [1.165, 1.54) is 6.07 Å². The molecule has 30 heavy (non-hydrogen) atoms. The number of likely N-dealkylation sites (tertiary alicyclic amines) is 3. The number of hydrogen-bond donors (Lipinski definition) is 0. The fraction of sp³-hybridized carbons (Fsp3) is 0.696. The van der Waals surface area contributed by atoms with Crippen molar-refractivity contribution in [2.75, 3.05) is 39.3 Å². The number of piperidine rings is 2. The first-order chi connectivity index (χ1) is 14.6. The summed E-state index contributed by atoms with van der Waals surface area (Å²) in [5, 5.41) is 0. The van der Waals surface area contributed by atoms with Crippen LogP contribution >= 0.6 is 0 Å². The first kappa shape index (κ1) is 21.1. The Hall–Kier alpha value is -2.15. The number of aryl methyl sites for hydroxylation is 1. The molecular formula is C23H34N4O3. The molecule has 4 rings (SSSR count). The van der Waals surface area contributed by atoms with Crippen LogP contribution < -0.4 is 5.56 Å². The molecule has 1 aromatic heterocycles. The highest BCUT2D eigenvalue weighted by molar-refractivity contribution is 5.94. The van der Waals surface area contributed by atoms with Crippen molar-refractivity contribution < 1.29 is 9.59 Å². The van der Waals surface area contributed by atoms with Crippen molar-refractivity contribution >= 4 is 11.8 Å². The van der Waals surface area contributed by atoms with E-state index in [1.54, 1.807) is 16.8 Å². The summed E-state index contributed by atoms with van der Waals surface area (Å²) in [6, 6.07) is 3.65. The molecule has 1 atom stereocenters. The molecule has 1 aromatic rings. The number of amides is 2. The lowest BCUT2D eigenvalue weighted by Gasteiger charge is -2.42. The summed E-state index contributed by atoms with van der Waals surface area (Å²) in [6.45, 7) is 7.72. The van der Waals surface area contributed by atoms with E-state index in [2.05, 4.69) is 9.80 Å². The van der Waals surface area contributed by atoms with Gasteiger partial charge in [0.1, 0.15) is 0 Å². The molecule has 0 N–H and O–H groups in total. The zero-order valence-electron chi connectivity index (χ0n) is 18.1. The SMILES string of the molecule is CCn1ccc(C(=O)N2CCC(N3CCC[C@H](C(=O)N4CCCC4)C3)CC2)cc1=O. The Kier molecular flexibility index (Phi) is 6.56. The van der Waals surface area contributed by atoms with E-state index in [0.717, 1.165) is 64.7 Å². The molecule has 0 spiro atoms. The Balaban J connectivity index is 1.31. The van der Waals surface area contributed by atoms with Crippen LogP contribution in [0.5, 0.6) is 0 Å². The van der Waals surface area contributed by atoms with Gasteiger partial charge in [0.15, 0.2) is 0 Å². The topological polar surface area (TPSA) is 65.9 Å². The summed E-state index contributed by atoms with van der Waals surface area (Å²) in [5.41, 5.74) is 0.359. The Morgan fingerprint density at radius 2 is 1.70 bits per heavy atom. The summed E-state index contributed by atoms with van der Waals surface area (Å²) < 4.78 is 1.60. The molecule has 0 aliphatic carbocycles. The van der Waals surface area contributed by atoms with E-state index >= 15 is 0 Å². The molecule has 3 fully saturated rings. The maximum absolute atomic E-state index is 12.8. The molecule has 7 heteroatoms. The molecule has 3 saturated heterocycles. The van der Waals surface area contributed by atoms with Crippen LogP contribution in [0.25, 0.3) is 0 Å². The van der Waals surface area contributed by atoms with Crippen LogP contribution in [0.1, 0.15) is 55.8 Å². The van der Waals surface area contributed by atoms with E-state index in [-0.39, 0.29) is 17.4 Å². The van der Waals surface area contributed by atoms with Crippen LogP contribution in [-0.2, 0) is 11.3 Å². The smallest absolute Gasteiger partial charge is 0.254 e. The predicted octanol–water partition coefficient (Wildman–Crippen LogP) is 1.81. The van der Waals surface area contributed by atoms with Gasteiger partial charge in [-0.25, -0.2) is 0 Å². The van der Waals surface area contributed by atoms with Gasteiger partial charge in [0.05, 0.1) is 5.92 Å². The van der Waals surface area contributed by atoms with Gasteiger partial charge in [-0.05, 0) is 58.1 Å². The van der Waals surface area contributed by atoms with Crippen molar-refractivity contribution in [3.63, 3.8) is 0 Å². The summed E-state index contributed by atoms with van der Waals surface area (Å²) in [6.07, 6.45) is 7.94. The van der Waals surface area contributed by atoms with Crippen LogP contribution in [0.3, 0.4) is 0 Å². The lowest BCUT2D eigenvalue weighted by atomic mass is 9.92. The standard InChI is InChI=1S/C23H34N4O3/c1-2-24-13-7-18(16-21(24)28)22(29)26-14-8-20(9-15-26)27-12-5-6-19(17-27)23(30)25-10-3-4-11-25/h7,13,16,19-20H,2-6,8-12,14-15,17H2,1H3/t19-/m0/s1. The van der Waals surface area contributed by atoms with Crippen molar-refractivity contribution in [2.24, 2.45) is 5.92 Å². The van der Waals surface area contributed by atoms with Gasteiger partial charge in [-0.15, -0.1) is 0 Å². The fourth-order valence-electron chi connectivity index (χ4n) is 5.25. The number of pyridine rings is 1. The molecule has 0 unspecified atom stereocenters. The second kappa shape index (κ2) is 9.33. The molecule has 3 aliphatic rings. The molecule has 2 amide bonds.